The van der Waals surface area contributed by atoms with Crippen molar-refractivity contribution in [2.45, 2.75) is 45.7 Å². The van der Waals surface area contributed by atoms with Crippen molar-refractivity contribution < 1.29 is 0 Å². The SMILES string of the molecule is CCC(NCc1nnc(C)n1C)C1CC1. The number of nitrogens with zero attached hydrogens (tertiary/aromatic N) is 3. The molecular weight excluding hydrogens is 188 g/mol. The standard InChI is InChI=1S/C11H20N4/c1-4-10(9-5-6-9)12-7-11-14-13-8(2)15(11)3/h9-10,12H,4-7H2,1-3H3. The van der Waals surface area contributed by atoms with E-state index in [1.54, 1.807) is 0 Å². The average molecular weight is 208 g/mol. The normalized spacial score (nSPS) is 18.1. The Morgan fingerprint density at radius 1 is 1.47 bits per heavy atom. The fraction of sp³-hybridized carbons (Fsp3) is 0.818. The fourth-order valence-corrected chi connectivity index (χ4v) is 1.97. The topological polar surface area (TPSA) is 42.7 Å². The average Bonchev–Trinajstić information content (AvgIpc) is 3.01. The van der Waals surface area contributed by atoms with Gasteiger partial charge in [0.25, 0.3) is 0 Å². The molecule has 0 aliphatic heterocycles. The van der Waals surface area contributed by atoms with E-state index in [0.717, 1.165) is 24.1 Å². The van der Waals surface area contributed by atoms with Gasteiger partial charge in [0, 0.05) is 13.1 Å². The summed E-state index contributed by atoms with van der Waals surface area (Å²) in [6.45, 7) is 5.07. The van der Waals surface area contributed by atoms with Gasteiger partial charge in [-0.2, -0.15) is 0 Å². The van der Waals surface area contributed by atoms with Gasteiger partial charge in [0.2, 0.25) is 0 Å². The molecular formula is C11H20N4. The molecule has 1 aromatic rings. The van der Waals surface area contributed by atoms with Crippen molar-refractivity contribution in [2.75, 3.05) is 0 Å². The number of hydrogen-bond donors (Lipinski definition) is 1. The Morgan fingerprint density at radius 3 is 2.67 bits per heavy atom. The van der Waals surface area contributed by atoms with E-state index in [9.17, 15) is 0 Å². The second-order valence-corrected chi connectivity index (χ2v) is 4.46. The van der Waals surface area contributed by atoms with Crippen molar-refractivity contribution in [3.05, 3.63) is 11.6 Å². The van der Waals surface area contributed by atoms with Crippen LogP contribution in [0.3, 0.4) is 0 Å². The van der Waals surface area contributed by atoms with Gasteiger partial charge < -0.3 is 9.88 Å². The largest absolute Gasteiger partial charge is 0.317 e. The van der Waals surface area contributed by atoms with E-state index in [0.29, 0.717) is 6.04 Å². The molecule has 1 aliphatic rings. The van der Waals surface area contributed by atoms with Gasteiger partial charge in [0.1, 0.15) is 11.6 Å². The summed E-state index contributed by atoms with van der Waals surface area (Å²) in [6.07, 6.45) is 3.99. The van der Waals surface area contributed by atoms with Gasteiger partial charge in [-0.3, -0.25) is 0 Å². The Bertz CT molecular complexity index is 327. The maximum atomic E-state index is 4.15. The molecule has 0 amide bonds. The van der Waals surface area contributed by atoms with Crippen molar-refractivity contribution in [1.82, 2.24) is 20.1 Å². The minimum Gasteiger partial charge on any atom is -0.317 e. The summed E-state index contributed by atoms with van der Waals surface area (Å²) in [7, 11) is 2.02. The summed E-state index contributed by atoms with van der Waals surface area (Å²) in [5.74, 6) is 2.92. The van der Waals surface area contributed by atoms with Crippen molar-refractivity contribution in [3.8, 4) is 0 Å². The van der Waals surface area contributed by atoms with Gasteiger partial charge in [0.15, 0.2) is 0 Å². The van der Waals surface area contributed by atoms with Crippen LogP contribution in [0, 0.1) is 12.8 Å². The highest BCUT2D eigenvalue weighted by atomic mass is 15.3. The van der Waals surface area contributed by atoms with E-state index in [-0.39, 0.29) is 0 Å². The molecule has 4 heteroatoms. The van der Waals surface area contributed by atoms with Gasteiger partial charge in [-0.25, -0.2) is 0 Å². The van der Waals surface area contributed by atoms with Crippen molar-refractivity contribution in [3.63, 3.8) is 0 Å². The third-order valence-electron chi connectivity index (χ3n) is 3.34. The Hall–Kier alpha value is -0.900. The maximum absolute atomic E-state index is 4.15. The molecule has 1 unspecified atom stereocenters. The number of rotatable bonds is 5. The molecule has 0 aromatic carbocycles. The van der Waals surface area contributed by atoms with Crippen LogP contribution in [0.1, 0.15) is 37.8 Å². The van der Waals surface area contributed by atoms with E-state index in [2.05, 4.69) is 22.4 Å². The monoisotopic (exact) mass is 208 g/mol. The zero-order chi connectivity index (χ0) is 10.8. The van der Waals surface area contributed by atoms with E-state index < -0.39 is 0 Å². The summed E-state index contributed by atoms with van der Waals surface area (Å²) >= 11 is 0. The van der Waals surface area contributed by atoms with Gasteiger partial charge in [-0.15, -0.1) is 10.2 Å². The Labute approximate surface area is 91.1 Å². The molecule has 1 N–H and O–H groups in total. The summed E-state index contributed by atoms with van der Waals surface area (Å²) in [5, 5.41) is 11.8. The quantitative estimate of drug-likeness (QED) is 0.795. The lowest BCUT2D eigenvalue weighted by atomic mass is 10.1. The van der Waals surface area contributed by atoms with Crippen LogP contribution in [0.15, 0.2) is 0 Å². The minimum atomic E-state index is 0.669. The van der Waals surface area contributed by atoms with Crippen LogP contribution in [-0.4, -0.2) is 20.8 Å². The van der Waals surface area contributed by atoms with Gasteiger partial charge in [-0.1, -0.05) is 6.92 Å². The second-order valence-electron chi connectivity index (χ2n) is 4.46. The second kappa shape index (κ2) is 4.31. The highest BCUT2D eigenvalue weighted by Gasteiger charge is 2.29. The molecule has 4 nitrogen and oxygen atoms in total. The predicted molar refractivity (Wildman–Crippen MR) is 59.4 cm³/mol. The van der Waals surface area contributed by atoms with Crippen molar-refractivity contribution >= 4 is 0 Å². The van der Waals surface area contributed by atoms with Crippen LogP contribution < -0.4 is 5.32 Å². The molecule has 1 aromatic heterocycles. The molecule has 0 spiro atoms. The molecule has 0 saturated heterocycles. The fourth-order valence-electron chi connectivity index (χ4n) is 1.97. The number of aromatic nitrogens is 3. The summed E-state index contributed by atoms with van der Waals surface area (Å²) < 4.78 is 2.05. The first-order valence-corrected chi connectivity index (χ1v) is 5.80. The Balaban J connectivity index is 1.88. The molecule has 1 saturated carbocycles. The first-order chi connectivity index (χ1) is 7.22. The molecule has 15 heavy (non-hydrogen) atoms. The van der Waals surface area contributed by atoms with Crippen LogP contribution in [0.4, 0.5) is 0 Å². The summed E-state index contributed by atoms with van der Waals surface area (Å²) in [4.78, 5) is 0. The molecule has 1 heterocycles. The highest BCUT2D eigenvalue weighted by molar-refractivity contribution is 4.94. The van der Waals surface area contributed by atoms with Crippen LogP contribution >= 0.6 is 0 Å². The first kappa shape index (κ1) is 10.6. The zero-order valence-corrected chi connectivity index (χ0v) is 9.82. The van der Waals surface area contributed by atoms with Crippen LogP contribution in [-0.2, 0) is 13.6 Å². The van der Waals surface area contributed by atoms with Gasteiger partial charge in [0.05, 0.1) is 6.54 Å². The summed E-state index contributed by atoms with van der Waals surface area (Å²) in [6, 6.07) is 0.669. The smallest absolute Gasteiger partial charge is 0.146 e. The molecule has 84 valence electrons. The predicted octanol–water partition coefficient (Wildman–Crippen LogP) is 1.40. The third kappa shape index (κ3) is 2.37. The number of hydrogen-bond acceptors (Lipinski definition) is 3. The van der Waals surface area contributed by atoms with Gasteiger partial charge >= 0.3 is 0 Å². The lowest BCUT2D eigenvalue weighted by molar-refractivity contribution is 0.438. The van der Waals surface area contributed by atoms with E-state index >= 15 is 0 Å². The Morgan fingerprint density at radius 2 is 2.20 bits per heavy atom. The van der Waals surface area contributed by atoms with E-state index in [1.165, 1.54) is 19.3 Å². The van der Waals surface area contributed by atoms with Gasteiger partial charge in [-0.05, 0) is 32.1 Å². The lowest BCUT2D eigenvalue weighted by Crippen LogP contribution is -2.30. The first-order valence-electron chi connectivity index (χ1n) is 5.80. The van der Waals surface area contributed by atoms with Crippen LogP contribution in [0.5, 0.6) is 0 Å². The van der Waals surface area contributed by atoms with Crippen LogP contribution in [0.2, 0.25) is 0 Å². The minimum absolute atomic E-state index is 0.669. The molecule has 0 radical (unpaired) electrons. The van der Waals surface area contributed by atoms with Crippen molar-refractivity contribution in [2.24, 2.45) is 13.0 Å². The number of aryl methyl sites for hydroxylation is 1. The summed E-state index contributed by atoms with van der Waals surface area (Å²) in [5.41, 5.74) is 0. The molecule has 2 rings (SSSR count). The Kier molecular flexibility index (Phi) is 3.05. The third-order valence-corrected chi connectivity index (χ3v) is 3.34. The zero-order valence-electron chi connectivity index (χ0n) is 9.82. The maximum Gasteiger partial charge on any atom is 0.146 e. The highest BCUT2D eigenvalue weighted by Crippen LogP contribution is 2.33. The lowest BCUT2D eigenvalue weighted by Gasteiger charge is -2.15. The molecule has 1 aliphatic carbocycles. The van der Waals surface area contributed by atoms with Crippen molar-refractivity contribution in [1.29, 1.82) is 0 Å². The van der Waals surface area contributed by atoms with E-state index in [1.807, 2.05) is 18.5 Å². The number of nitrogens with one attached hydrogen (secondary N) is 1. The molecule has 0 bridgehead atoms. The molecule has 1 fully saturated rings. The van der Waals surface area contributed by atoms with E-state index in [4.69, 9.17) is 0 Å². The molecule has 1 atom stereocenters. The van der Waals surface area contributed by atoms with Crippen LogP contribution in [0.25, 0.3) is 0 Å².